The van der Waals surface area contributed by atoms with Gasteiger partial charge in [-0.3, -0.25) is 14.9 Å². The third-order valence-electron chi connectivity index (χ3n) is 3.22. The van der Waals surface area contributed by atoms with Gasteiger partial charge >= 0.3 is 0 Å². The Kier molecular flexibility index (Phi) is 4.89. The van der Waals surface area contributed by atoms with E-state index in [0.717, 1.165) is 19.3 Å². The molecule has 1 aliphatic rings. The van der Waals surface area contributed by atoms with Crippen molar-refractivity contribution < 1.29 is 9.59 Å². The summed E-state index contributed by atoms with van der Waals surface area (Å²) in [5.74, 6) is 0.0452. The van der Waals surface area contributed by atoms with Crippen molar-refractivity contribution in [1.82, 2.24) is 15.5 Å². The number of carbonyl (C=O) groups excluding carboxylic acids is 2. The van der Waals surface area contributed by atoms with Crippen LogP contribution in [0, 0.1) is 0 Å². The molecule has 1 rings (SSSR count). The molecule has 1 heterocycles. The molecule has 1 aliphatic heterocycles. The van der Waals surface area contributed by atoms with E-state index >= 15 is 0 Å². The van der Waals surface area contributed by atoms with Gasteiger partial charge in [0.2, 0.25) is 6.41 Å². The summed E-state index contributed by atoms with van der Waals surface area (Å²) >= 11 is 0. The van der Waals surface area contributed by atoms with Crippen molar-refractivity contribution in [1.29, 1.82) is 0 Å². The lowest BCUT2D eigenvalue weighted by molar-refractivity contribution is -0.129. The molecule has 3 atom stereocenters. The normalized spacial score (nSPS) is 26.8. The monoisotopic (exact) mass is 227 g/mol. The van der Waals surface area contributed by atoms with Gasteiger partial charge in [-0.1, -0.05) is 0 Å². The van der Waals surface area contributed by atoms with E-state index in [-0.39, 0.29) is 18.0 Å². The number of ketones is 1. The number of hydrogen-bond acceptors (Lipinski definition) is 4. The molecule has 3 unspecified atom stereocenters. The molecule has 0 aliphatic carbocycles. The largest absolute Gasteiger partial charge is 0.318 e. The summed E-state index contributed by atoms with van der Waals surface area (Å²) in [5.41, 5.74) is 0. The standard InChI is InChI=1S/C11H21N3O2/c1-8(12-3)4-5-11-13-6-10(9(2)16)14(11)7-15/h7-8,10-13H,4-6H2,1-3H3. The van der Waals surface area contributed by atoms with Gasteiger partial charge in [-0.05, 0) is 33.7 Å². The zero-order valence-corrected chi connectivity index (χ0v) is 10.2. The molecule has 0 aromatic carbocycles. The molecule has 5 nitrogen and oxygen atoms in total. The van der Waals surface area contributed by atoms with Gasteiger partial charge in [0.1, 0.15) is 6.04 Å². The Labute approximate surface area is 96.6 Å². The summed E-state index contributed by atoms with van der Waals surface area (Å²) in [6, 6.07) is 0.138. The maximum Gasteiger partial charge on any atom is 0.211 e. The minimum Gasteiger partial charge on any atom is -0.318 e. The van der Waals surface area contributed by atoms with Crippen LogP contribution in [0.4, 0.5) is 0 Å². The Balaban J connectivity index is 2.49. The molecule has 0 spiro atoms. The third-order valence-corrected chi connectivity index (χ3v) is 3.22. The Morgan fingerprint density at radius 2 is 2.38 bits per heavy atom. The van der Waals surface area contributed by atoms with Crippen molar-refractivity contribution in [2.24, 2.45) is 0 Å². The van der Waals surface area contributed by atoms with Crippen LogP contribution in [0.25, 0.3) is 0 Å². The zero-order valence-electron chi connectivity index (χ0n) is 10.2. The van der Waals surface area contributed by atoms with E-state index in [1.807, 2.05) is 7.05 Å². The second-order valence-corrected chi connectivity index (χ2v) is 4.37. The van der Waals surface area contributed by atoms with Crippen LogP contribution in [-0.4, -0.2) is 48.9 Å². The fraction of sp³-hybridized carbons (Fsp3) is 0.818. The van der Waals surface area contributed by atoms with E-state index in [0.29, 0.717) is 12.6 Å². The Morgan fingerprint density at radius 1 is 1.69 bits per heavy atom. The molecule has 5 heteroatoms. The highest BCUT2D eigenvalue weighted by molar-refractivity contribution is 5.84. The first-order chi connectivity index (χ1) is 7.60. The molecule has 92 valence electrons. The van der Waals surface area contributed by atoms with Crippen LogP contribution in [0.3, 0.4) is 0 Å². The van der Waals surface area contributed by atoms with Crippen LogP contribution >= 0.6 is 0 Å². The average molecular weight is 227 g/mol. The number of nitrogens with one attached hydrogen (secondary N) is 2. The molecule has 0 bridgehead atoms. The first kappa shape index (κ1) is 13.1. The SMILES string of the molecule is CNC(C)CCC1NCC(C(C)=O)N1C=O. The van der Waals surface area contributed by atoms with Gasteiger partial charge in [-0.15, -0.1) is 0 Å². The van der Waals surface area contributed by atoms with Gasteiger partial charge in [0, 0.05) is 12.6 Å². The van der Waals surface area contributed by atoms with Crippen molar-refractivity contribution in [3.05, 3.63) is 0 Å². The van der Waals surface area contributed by atoms with Crippen LogP contribution in [0.5, 0.6) is 0 Å². The number of carbonyl (C=O) groups is 2. The van der Waals surface area contributed by atoms with Crippen LogP contribution < -0.4 is 10.6 Å². The summed E-state index contributed by atoms with van der Waals surface area (Å²) in [4.78, 5) is 23.9. The smallest absolute Gasteiger partial charge is 0.211 e. The summed E-state index contributed by atoms with van der Waals surface area (Å²) in [6.07, 6.45) is 2.62. The number of Topliss-reactive ketones (excluding diaryl/α,β-unsaturated/α-hetero) is 1. The first-order valence-electron chi connectivity index (χ1n) is 5.74. The van der Waals surface area contributed by atoms with Crippen LogP contribution in [-0.2, 0) is 9.59 Å². The van der Waals surface area contributed by atoms with Crippen molar-refractivity contribution in [3.8, 4) is 0 Å². The molecule has 1 saturated heterocycles. The third kappa shape index (κ3) is 3.02. The molecule has 0 radical (unpaired) electrons. The maximum atomic E-state index is 11.3. The highest BCUT2D eigenvalue weighted by Gasteiger charge is 2.34. The number of nitrogens with zero attached hydrogens (tertiary/aromatic N) is 1. The van der Waals surface area contributed by atoms with Crippen molar-refractivity contribution in [2.45, 2.75) is 44.9 Å². The number of amides is 1. The molecular weight excluding hydrogens is 206 g/mol. The van der Waals surface area contributed by atoms with Gasteiger partial charge in [0.15, 0.2) is 5.78 Å². The first-order valence-corrected chi connectivity index (χ1v) is 5.74. The van der Waals surface area contributed by atoms with Gasteiger partial charge < -0.3 is 10.2 Å². The quantitative estimate of drug-likeness (QED) is 0.613. The summed E-state index contributed by atoms with van der Waals surface area (Å²) in [5, 5.41) is 6.37. The van der Waals surface area contributed by atoms with Gasteiger partial charge in [-0.25, -0.2) is 0 Å². The minimum atomic E-state index is -0.285. The average Bonchev–Trinajstić information content (AvgIpc) is 2.68. The lowest BCUT2D eigenvalue weighted by atomic mass is 10.1. The minimum absolute atomic E-state index is 0.00204. The van der Waals surface area contributed by atoms with Crippen LogP contribution in [0.2, 0.25) is 0 Å². The molecule has 1 fully saturated rings. The Morgan fingerprint density at radius 3 is 2.88 bits per heavy atom. The summed E-state index contributed by atoms with van der Waals surface area (Å²) < 4.78 is 0. The molecular formula is C11H21N3O2. The van der Waals surface area contributed by atoms with E-state index in [1.54, 1.807) is 4.90 Å². The molecule has 2 N–H and O–H groups in total. The van der Waals surface area contributed by atoms with Crippen molar-refractivity contribution >= 4 is 12.2 Å². The van der Waals surface area contributed by atoms with E-state index in [4.69, 9.17) is 0 Å². The topological polar surface area (TPSA) is 61.4 Å². The van der Waals surface area contributed by atoms with Crippen molar-refractivity contribution in [2.75, 3.05) is 13.6 Å². The van der Waals surface area contributed by atoms with E-state index in [2.05, 4.69) is 17.6 Å². The predicted octanol–water partition coefficient (Wildman–Crippen LogP) is -0.280. The molecule has 0 saturated carbocycles. The van der Waals surface area contributed by atoms with Gasteiger partial charge in [0.25, 0.3) is 0 Å². The lowest BCUT2D eigenvalue weighted by Crippen LogP contribution is -2.41. The lowest BCUT2D eigenvalue weighted by Gasteiger charge is -2.24. The molecule has 0 aromatic heterocycles. The fourth-order valence-corrected chi connectivity index (χ4v) is 1.98. The van der Waals surface area contributed by atoms with Gasteiger partial charge in [-0.2, -0.15) is 0 Å². The second kappa shape index (κ2) is 5.96. The van der Waals surface area contributed by atoms with Crippen LogP contribution in [0.1, 0.15) is 26.7 Å². The molecule has 1 amide bonds. The number of hydrogen-bond donors (Lipinski definition) is 2. The zero-order chi connectivity index (χ0) is 12.1. The number of rotatable bonds is 6. The maximum absolute atomic E-state index is 11.3. The van der Waals surface area contributed by atoms with Gasteiger partial charge in [0.05, 0.1) is 6.17 Å². The van der Waals surface area contributed by atoms with E-state index in [1.165, 1.54) is 6.92 Å². The molecule has 0 aromatic rings. The Bertz CT molecular complexity index is 258. The molecule has 16 heavy (non-hydrogen) atoms. The Hall–Kier alpha value is -0.940. The van der Waals surface area contributed by atoms with Crippen LogP contribution in [0.15, 0.2) is 0 Å². The second-order valence-electron chi connectivity index (χ2n) is 4.37. The highest BCUT2D eigenvalue weighted by Crippen LogP contribution is 2.15. The summed E-state index contributed by atoms with van der Waals surface area (Å²) in [7, 11) is 1.92. The fourth-order valence-electron chi connectivity index (χ4n) is 1.98. The van der Waals surface area contributed by atoms with E-state index < -0.39 is 0 Å². The van der Waals surface area contributed by atoms with Crippen molar-refractivity contribution in [3.63, 3.8) is 0 Å². The van der Waals surface area contributed by atoms with E-state index in [9.17, 15) is 9.59 Å². The summed E-state index contributed by atoms with van der Waals surface area (Å²) in [6.45, 7) is 4.21. The predicted molar refractivity (Wildman–Crippen MR) is 61.9 cm³/mol. The highest BCUT2D eigenvalue weighted by atomic mass is 16.2.